The van der Waals surface area contributed by atoms with Gasteiger partial charge in [-0.25, -0.2) is 0 Å². The third kappa shape index (κ3) is 12.1. The Bertz CT molecular complexity index is 1270. The summed E-state index contributed by atoms with van der Waals surface area (Å²) in [5.74, 6) is -3.27. The molecule has 2 fully saturated rings. The van der Waals surface area contributed by atoms with Crippen molar-refractivity contribution in [2.24, 2.45) is 5.92 Å². The average Bonchev–Trinajstić information content (AvgIpc) is 3.76. The lowest BCUT2D eigenvalue weighted by Crippen LogP contribution is -2.54. The fourth-order valence-electron chi connectivity index (χ4n) is 5.64. The largest absolute Gasteiger partial charge is 0.347 e. The number of nitrogens with one attached hydrogen (secondary N) is 4. The van der Waals surface area contributed by atoms with E-state index >= 15 is 0 Å². The highest BCUT2D eigenvalue weighted by Crippen LogP contribution is 2.34. The average molecular weight is 655 g/mol. The molecule has 258 valence electrons. The van der Waals surface area contributed by atoms with Crippen molar-refractivity contribution in [3.8, 4) is 0 Å². The van der Waals surface area contributed by atoms with Gasteiger partial charge in [0, 0.05) is 27.1 Å². The molecule has 4 N–H and O–H groups in total. The SMILES string of the molecule is CCCC(NC(=O)C1CCCN1C(=O)CNC(=O)CCCCCC1CC1)C(=O)C(=O)NCC(=O)NC(C(=O)N(C)C)c1ccccc1. The van der Waals surface area contributed by atoms with Gasteiger partial charge in [-0.1, -0.05) is 75.8 Å². The van der Waals surface area contributed by atoms with Gasteiger partial charge < -0.3 is 31.1 Å². The predicted octanol–water partition coefficient (Wildman–Crippen LogP) is 1.37. The van der Waals surface area contributed by atoms with Gasteiger partial charge in [0.05, 0.1) is 19.1 Å². The quantitative estimate of drug-likeness (QED) is 0.129. The normalized spacial score (nSPS) is 16.8. The minimum atomic E-state index is -1.15. The Labute approximate surface area is 276 Å². The Morgan fingerprint density at radius 1 is 0.872 bits per heavy atom. The number of likely N-dealkylation sites (N-methyl/N-ethyl adjacent to an activating group) is 1. The molecule has 3 rings (SSSR count). The number of Topliss-reactive ketones (excluding diaryl/α,β-unsaturated/α-hetero) is 1. The molecule has 13 nitrogen and oxygen atoms in total. The van der Waals surface area contributed by atoms with Crippen LogP contribution in [-0.2, 0) is 33.6 Å². The van der Waals surface area contributed by atoms with Crippen molar-refractivity contribution in [2.75, 3.05) is 33.7 Å². The minimum Gasteiger partial charge on any atom is -0.347 e. The summed E-state index contributed by atoms with van der Waals surface area (Å²) in [6.45, 7) is 1.37. The molecule has 1 aromatic rings. The second-order valence-electron chi connectivity index (χ2n) is 12.6. The number of rotatable bonds is 19. The zero-order chi connectivity index (χ0) is 34.3. The van der Waals surface area contributed by atoms with Gasteiger partial charge in [0.25, 0.3) is 5.91 Å². The van der Waals surface area contributed by atoms with Gasteiger partial charge in [0.2, 0.25) is 35.3 Å². The molecule has 1 aliphatic carbocycles. The van der Waals surface area contributed by atoms with Crippen LogP contribution in [0.2, 0.25) is 0 Å². The molecule has 0 aromatic heterocycles. The molecule has 0 spiro atoms. The van der Waals surface area contributed by atoms with E-state index in [4.69, 9.17) is 0 Å². The van der Waals surface area contributed by atoms with Gasteiger partial charge >= 0.3 is 0 Å². The number of nitrogens with zero attached hydrogens (tertiary/aromatic N) is 2. The second-order valence-corrected chi connectivity index (χ2v) is 12.6. The van der Waals surface area contributed by atoms with Gasteiger partial charge in [-0.3, -0.25) is 33.6 Å². The van der Waals surface area contributed by atoms with Gasteiger partial charge in [0.15, 0.2) is 0 Å². The highest BCUT2D eigenvalue weighted by Gasteiger charge is 2.36. The standard InChI is InChI=1S/C34H50N6O7/c1-4-12-25(31(44)33(46)36-21-28(42)38-30(34(47)39(2)3)24-14-8-6-9-15-24)37-32(45)26-16-11-20-40(26)29(43)22-35-27(41)17-10-5-7-13-23-18-19-23/h6,8-9,14-15,23,25-26,30H,4-5,7,10-13,16-22H2,1-3H3,(H,35,41)(H,36,46)(H,37,45)(H,38,42). The first-order chi connectivity index (χ1) is 22.5. The Kier molecular flexibility index (Phi) is 14.8. The van der Waals surface area contributed by atoms with Crippen LogP contribution in [0.4, 0.5) is 0 Å². The molecule has 1 heterocycles. The van der Waals surface area contributed by atoms with Crippen molar-refractivity contribution < 1.29 is 33.6 Å². The van der Waals surface area contributed by atoms with E-state index in [0.717, 1.165) is 25.2 Å². The summed E-state index contributed by atoms with van der Waals surface area (Å²) in [5.41, 5.74) is 0.559. The maximum atomic E-state index is 13.2. The Hall–Kier alpha value is -4.29. The van der Waals surface area contributed by atoms with E-state index in [1.165, 1.54) is 29.1 Å². The Morgan fingerprint density at radius 2 is 1.60 bits per heavy atom. The summed E-state index contributed by atoms with van der Waals surface area (Å²) in [7, 11) is 3.12. The van der Waals surface area contributed by atoms with Crippen LogP contribution in [0.3, 0.4) is 0 Å². The fraction of sp³-hybridized carbons (Fsp3) is 0.618. The first kappa shape index (κ1) is 37.2. The van der Waals surface area contributed by atoms with Crippen LogP contribution in [-0.4, -0.2) is 96.8 Å². The third-order valence-corrected chi connectivity index (χ3v) is 8.50. The number of hydrogen-bond acceptors (Lipinski definition) is 7. The van der Waals surface area contributed by atoms with E-state index in [2.05, 4.69) is 21.3 Å². The van der Waals surface area contributed by atoms with E-state index in [9.17, 15) is 33.6 Å². The lowest BCUT2D eigenvalue weighted by molar-refractivity contribution is -0.142. The summed E-state index contributed by atoms with van der Waals surface area (Å²) in [6.07, 6.45) is 8.73. The van der Waals surface area contributed by atoms with Crippen LogP contribution in [0.1, 0.15) is 89.2 Å². The van der Waals surface area contributed by atoms with Crippen molar-refractivity contribution in [3.05, 3.63) is 35.9 Å². The number of unbranched alkanes of at least 4 members (excludes halogenated alkanes) is 2. The van der Waals surface area contributed by atoms with Crippen molar-refractivity contribution in [1.82, 2.24) is 31.1 Å². The zero-order valence-corrected chi connectivity index (χ0v) is 27.8. The number of amides is 6. The van der Waals surface area contributed by atoms with Crippen LogP contribution in [0, 0.1) is 5.92 Å². The topological polar surface area (TPSA) is 174 Å². The number of carbonyl (C=O) groups is 7. The Balaban J connectivity index is 1.47. The molecule has 1 aliphatic heterocycles. The highest BCUT2D eigenvalue weighted by atomic mass is 16.2. The van der Waals surface area contributed by atoms with Crippen LogP contribution < -0.4 is 21.3 Å². The second kappa shape index (κ2) is 18.8. The molecule has 13 heteroatoms. The van der Waals surface area contributed by atoms with Gasteiger partial charge in [0.1, 0.15) is 12.1 Å². The van der Waals surface area contributed by atoms with E-state index in [-0.39, 0.29) is 30.7 Å². The first-order valence-corrected chi connectivity index (χ1v) is 16.8. The number of hydrogen-bond donors (Lipinski definition) is 4. The summed E-state index contributed by atoms with van der Waals surface area (Å²) in [5, 5.41) is 10.2. The van der Waals surface area contributed by atoms with Gasteiger partial charge in [-0.05, 0) is 37.2 Å². The van der Waals surface area contributed by atoms with Gasteiger partial charge in [-0.2, -0.15) is 0 Å². The molecule has 1 saturated heterocycles. The van der Waals surface area contributed by atoms with E-state index < -0.39 is 48.2 Å². The van der Waals surface area contributed by atoms with Crippen LogP contribution >= 0.6 is 0 Å². The lowest BCUT2D eigenvalue weighted by atomic mass is 10.0. The predicted molar refractivity (Wildman–Crippen MR) is 174 cm³/mol. The number of carbonyl (C=O) groups excluding carboxylic acids is 7. The summed E-state index contributed by atoms with van der Waals surface area (Å²) in [4.78, 5) is 92.3. The molecule has 2 aliphatic rings. The Morgan fingerprint density at radius 3 is 2.26 bits per heavy atom. The number of ketones is 1. The smallest absolute Gasteiger partial charge is 0.290 e. The number of benzene rings is 1. The molecule has 1 aromatic carbocycles. The summed E-state index contributed by atoms with van der Waals surface area (Å²) < 4.78 is 0. The van der Waals surface area contributed by atoms with Crippen molar-refractivity contribution >= 4 is 41.2 Å². The molecular weight excluding hydrogens is 604 g/mol. The lowest BCUT2D eigenvalue weighted by Gasteiger charge is -2.26. The van der Waals surface area contributed by atoms with Gasteiger partial charge in [-0.15, -0.1) is 0 Å². The summed E-state index contributed by atoms with van der Waals surface area (Å²) >= 11 is 0. The molecule has 47 heavy (non-hydrogen) atoms. The van der Waals surface area contributed by atoms with E-state index in [1.54, 1.807) is 51.4 Å². The van der Waals surface area contributed by atoms with E-state index in [1.807, 2.05) is 0 Å². The summed E-state index contributed by atoms with van der Waals surface area (Å²) in [6, 6.07) is 5.67. The molecule has 1 saturated carbocycles. The highest BCUT2D eigenvalue weighted by molar-refractivity contribution is 6.38. The fourth-order valence-corrected chi connectivity index (χ4v) is 5.64. The molecule has 3 unspecified atom stereocenters. The minimum absolute atomic E-state index is 0.176. The molecule has 0 radical (unpaired) electrons. The molecule has 6 amide bonds. The van der Waals surface area contributed by atoms with Crippen LogP contribution in [0.5, 0.6) is 0 Å². The molecule has 3 atom stereocenters. The van der Waals surface area contributed by atoms with Crippen molar-refractivity contribution in [2.45, 2.75) is 95.7 Å². The van der Waals surface area contributed by atoms with Crippen molar-refractivity contribution in [1.29, 1.82) is 0 Å². The molecule has 0 bridgehead atoms. The first-order valence-electron chi connectivity index (χ1n) is 16.8. The van der Waals surface area contributed by atoms with E-state index in [0.29, 0.717) is 37.8 Å². The maximum Gasteiger partial charge on any atom is 0.290 e. The monoisotopic (exact) mass is 654 g/mol. The zero-order valence-electron chi connectivity index (χ0n) is 27.8. The number of likely N-dealkylation sites (tertiary alicyclic amines) is 1. The maximum absolute atomic E-state index is 13.2. The molecular formula is C34H50N6O7. The van der Waals surface area contributed by atoms with Crippen molar-refractivity contribution in [3.63, 3.8) is 0 Å². The third-order valence-electron chi connectivity index (χ3n) is 8.50. The van der Waals surface area contributed by atoms with Crippen LogP contribution in [0.15, 0.2) is 30.3 Å². The van der Waals surface area contributed by atoms with Crippen LogP contribution in [0.25, 0.3) is 0 Å².